The van der Waals surface area contributed by atoms with Gasteiger partial charge in [0.1, 0.15) is 5.78 Å². The molecule has 0 bridgehead atoms. The Morgan fingerprint density at radius 3 is 2.94 bits per heavy atom. The van der Waals surface area contributed by atoms with Crippen LogP contribution in [0.2, 0.25) is 0 Å². The van der Waals surface area contributed by atoms with E-state index in [1.54, 1.807) is 6.08 Å². The number of fused-ring (bicyclic) bond motifs is 2. The quantitative estimate of drug-likeness (QED) is 0.623. The normalized spacial score (nSPS) is 42.8. The summed E-state index contributed by atoms with van der Waals surface area (Å²) in [6, 6.07) is 0. The number of carbonyl (C=O) groups excluding carboxylic acids is 2. The molecule has 2 fully saturated rings. The smallest absolute Gasteiger partial charge is 0.161 e. The highest BCUT2D eigenvalue weighted by atomic mass is 16.5. The van der Waals surface area contributed by atoms with Gasteiger partial charge in [-0.05, 0) is 31.8 Å². The minimum Gasteiger partial charge on any atom is -0.373 e. The van der Waals surface area contributed by atoms with Crippen molar-refractivity contribution in [1.82, 2.24) is 0 Å². The van der Waals surface area contributed by atoms with E-state index < -0.39 is 0 Å². The number of hydrogen-bond acceptors (Lipinski definition) is 3. The fraction of sp³-hybridized carbons (Fsp3) is 0.692. The first-order valence-electron chi connectivity index (χ1n) is 6.14. The Hall–Kier alpha value is -0.960. The minimum atomic E-state index is -0.0618. The van der Waals surface area contributed by atoms with Crippen molar-refractivity contribution in [1.29, 1.82) is 0 Å². The van der Waals surface area contributed by atoms with Crippen molar-refractivity contribution in [3.8, 4) is 0 Å². The molecule has 0 aromatic heterocycles. The van der Waals surface area contributed by atoms with E-state index in [1.807, 2.05) is 6.08 Å². The van der Waals surface area contributed by atoms with Crippen LogP contribution in [0.5, 0.6) is 0 Å². The third-order valence-electron chi connectivity index (χ3n) is 4.10. The van der Waals surface area contributed by atoms with Crippen LogP contribution in [0.25, 0.3) is 0 Å². The summed E-state index contributed by atoms with van der Waals surface area (Å²) in [6.07, 6.45) is 7.81. The van der Waals surface area contributed by atoms with E-state index in [0.29, 0.717) is 12.2 Å². The van der Waals surface area contributed by atoms with Gasteiger partial charge in [0.25, 0.3) is 0 Å². The van der Waals surface area contributed by atoms with Crippen molar-refractivity contribution >= 4 is 11.6 Å². The third kappa shape index (κ3) is 1.54. The number of ether oxygens (including phenoxy) is 1. The summed E-state index contributed by atoms with van der Waals surface area (Å²) in [4.78, 5) is 23.5. The number of rotatable bonds is 0. The van der Waals surface area contributed by atoms with Gasteiger partial charge in [0.2, 0.25) is 0 Å². The molecule has 0 N–H and O–H groups in total. The SMILES string of the molecule is O=C1C=CCC2OC3CCCC(=O)C3CC12. The van der Waals surface area contributed by atoms with Crippen molar-refractivity contribution in [2.75, 3.05) is 0 Å². The molecule has 1 heterocycles. The van der Waals surface area contributed by atoms with E-state index >= 15 is 0 Å². The van der Waals surface area contributed by atoms with Crippen LogP contribution in [0.15, 0.2) is 12.2 Å². The van der Waals surface area contributed by atoms with Gasteiger partial charge in [0.15, 0.2) is 5.78 Å². The molecular formula is C13H16O3. The summed E-state index contributed by atoms with van der Waals surface area (Å²) in [5, 5.41) is 0. The highest BCUT2D eigenvalue weighted by Gasteiger charge is 2.45. The number of ketones is 2. The average Bonchev–Trinajstić information content (AvgIpc) is 2.28. The lowest BCUT2D eigenvalue weighted by atomic mass is 9.73. The van der Waals surface area contributed by atoms with Crippen LogP contribution in [0.4, 0.5) is 0 Å². The molecule has 3 heteroatoms. The molecule has 2 aliphatic carbocycles. The number of Topliss-reactive ketones (excluding diaryl/α,β-unsaturated/α-hetero) is 1. The second-order valence-corrected chi connectivity index (χ2v) is 5.06. The van der Waals surface area contributed by atoms with Gasteiger partial charge in [-0.2, -0.15) is 0 Å². The fourth-order valence-electron chi connectivity index (χ4n) is 3.22. The van der Waals surface area contributed by atoms with E-state index in [9.17, 15) is 9.59 Å². The van der Waals surface area contributed by atoms with Crippen molar-refractivity contribution in [3.63, 3.8) is 0 Å². The summed E-state index contributed by atoms with van der Waals surface area (Å²) in [6.45, 7) is 0. The summed E-state index contributed by atoms with van der Waals surface area (Å²) >= 11 is 0. The van der Waals surface area contributed by atoms with E-state index in [2.05, 4.69) is 0 Å². The average molecular weight is 220 g/mol. The maximum Gasteiger partial charge on any atom is 0.161 e. The topological polar surface area (TPSA) is 43.4 Å². The van der Waals surface area contributed by atoms with Gasteiger partial charge >= 0.3 is 0 Å². The van der Waals surface area contributed by atoms with Gasteiger partial charge in [0.05, 0.1) is 12.2 Å². The van der Waals surface area contributed by atoms with Crippen LogP contribution in [0, 0.1) is 11.8 Å². The molecule has 0 radical (unpaired) electrons. The zero-order valence-corrected chi connectivity index (χ0v) is 9.22. The Morgan fingerprint density at radius 1 is 1.19 bits per heavy atom. The lowest BCUT2D eigenvalue weighted by Crippen LogP contribution is -2.49. The Morgan fingerprint density at radius 2 is 2.06 bits per heavy atom. The zero-order chi connectivity index (χ0) is 11.1. The van der Waals surface area contributed by atoms with E-state index in [1.165, 1.54) is 0 Å². The van der Waals surface area contributed by atoms with Gasteiger partial charge in [-0.3, -0.25) is 9.59 Å². The van der Waals surface area contributed by atoms with E-state index in [-0.39, 0.29) is 29.8 Å². The molecule has 1 saturated heterocycles. The summed E-state index contributed by atoms with van der Waals surface area (Å²) < 4.78 is 5.94. The molecular weight excluding hydrogens is 204 g/mol. The molecule has 3 rings (SSSR count). The van der Waals surface area contributed by atoms with E-state index in [4.69, 9.17) is 4.74 Å². The monoisotopic (exact) mass is 220 g/mol. The van der Waals surface area contributed by atoms with Gasteiger partial charge < -0.3 is 4.74 Å². The van der Waals surface area contributed by atoms with Crippen molar-refractivity contribution in [2.45, 2.75) is 44.3 Å². The Kier molecular flexibility index (Phi) is 2.43. The molecule has 0 amide bonds. The molecule has 3 aliphatic rings. The van der Waals surface area contributed by atoms with Crippen molar-refractivity contribution < 1.29 is 14.3 Å². The molecule has 0 aromatic carbocycles. The maximum absolute atomic E-state index is 11.8. The Bertz CT molecular complexity index is 358. The molecule has 86 valence electrons. The molecule has 1 saturated carbocycles. The molecule has 0 spiro atoms. The predicted molar refractivity (Wildman–Crippen MR) is 57.9 cm³/mol. The largest absolute Gasteiger partial charge is 0.373 e. The van der Waals surface area contributed by atoms with Gasteiger partial charge in [-0.25, -0.2) is 0 Å². The van der Waals surface area contributed by atoms with Crippen LogP contribution in [0.1, 0.15) is 32.1 Å². The minimum absolute atomic E-state index is 0.00884. The second-order valence-electron chi connectivity index (χ2n) is 5.06. The lowest BCUT2D eigenvalue weighted by Gasteiger charge is -2.43. The summed E-state index contributed by atoms with van der Waals surface area (Å²) in [7, 11) is 0. The Balaban J connectivity index is 1.83. The van der Waals surface area contributed by atoms with Crippen LogP contribution >= 0.6 is 0 Å². The number of hydrogen-bond donors (Lipinski definition) is 0. The number of carbonyl (C=O) groups is 2. The van der Waals surface area contributed by atoms with Gasteiger partial charge in [0, 0.05) is 18.3 Å². The van der Waals surface area contributed by atoms with Crippen molar-refractivity contribution in [3.05, 3.63) is 12.2 Å². The first-order chi connectivity index (χ1) is 7.75. The van der Waals surface area contributed by atoms with Crippen LogP contribution in [-0.2, 0) is 14.3 Å². The first-order valence-corrected chi connectivity index (χ1v) is 6.14. The standard InChI is InChI=1S/C13H16O3/c14-10-3-1-5-12-8(10)7-9-11(15)4-2-6-13(9)16-12/h1,3,8-9,12-13H,2,4-7H2. The predicted octanol–water partition coefficient (Wildman–Crippen LogP) is 1.66. The maximum atomic E-state index is 11.8. The summed E-state index contributed by atoms with van der Waals surface area (Å²) in [5.74, 6) is 0.379. The molecule has 4 atom stereocenters. The van der Waals surface area contributed by atoms with Crippen molar-refractivity contribution in [2.24, 2.45) is 11.8 Å². The van der Waals surface area contributed by atoms with Crippen LogP contribution in [0.3, 0.4) is 0 Å². The van der Waals surface area contributed by atoms with Crippen LogP contribution < -0.4 is 0 Å². The molecule has 0 aromatic rings. The number of allylic oxidation sites excluding steroid dienone is 1. The zero-order valence-electron chi connectivity index (χ0n) is 9.22. The molecule has 16 heavy (non-hydrogen) atoms. The highest BCUT2D eigenvalue weighted by Crippen LogP contribution is 2.39. The molecule has 4 unspecified atom stereocenters. The summed E-state index contributed by atoms with van der Waals surface area (Å²) in [5.41, 5.74) is 0. The second kappa shape index (κ2) is 3.81. The van der Waals surface area contributed by atoms with E-state index in [0.717, 1.165) is 25.7 Å². The van der Waals surface area contributed by atoms with Gasteiger partial charge in [-0.1, -0.05) is 6.08 Å². The molecule has 3 nitrogen and oxygen atoms in total. The van der Waals surface area contributed by atoms with Crippen LogP contribution in [-0.4, -0.2) is 23.8 Å². The Labute approximate surface area is 94.8 Å². The highest BCUT2D eigenvalue weighted by molar-refractivity contribution is 5.94. The third-order valence-corrected chi connectivity index (χ3v) is 4.10. The van der Waals surface area contributed by atoms with Gasteiger partial charge in [-0.15, -0.1) is 0 Å². The molecule has 1 aliphatic heterocycles. The fourth-order valence-corrected chi connectivity index (χ4v) is 3.22. The lowest BCUT2D eigenvalue weighted by molar-refractivity contribution is -0.159. The first kappa shape index (κ1) is 10.2.